The molecule has 0 bridgehead atoms. The fraction of sp³-hybridized carbons (Fsp3) is 0.929. The molecule has 1 amide bonds. The maximum Gasteiger partial charge on any atom is 0.228 e. The van der Waals surface area contributed by atoms with Gasteiger partial charge in [-0.05, 0) is 12.8 Å². The average molecular weight is 332 g/mol. The first-order valence-electron chi connectivity index (χ1n) is 7.88. The van der Waals surface area contributed by atoms with Gasteiger partial charge >= 0.3 is 0 Å². The van der Waals surface area contributed by atoms with Crippen molar-refractivity contribution in [2.24, 2.45) is 11.8 Å². The van der Waals surface area contributed by atoms with Crippen LogP contribution in [0.3, 0.4) is 0 Å². The van der Waals surface area contributed by atoms with Gasteiger partial charge in [0.2, 0.25) is 15.9 Å². The molecule has 3 rings (SSSR count). The topological polar surface area (TPSA) is 76.2 Å². The molecule has 7 nitrogen and oxygen atoms in total. The standard InChI is InChI=1S/C14H24N2O5S/c1-22(18,19)16-5-7-21-13-9-15(4-2-11(13)8-16)14(17)12-3-6-20-10-12/h11-13H,2-10H2,1H3/t11-,12?,13-/m0/s1. The van der Waals surface area contributed by atoms with E-state index >= 15 is 0 Å². The number of rotatable bonds is 2. The zero-order chi connectivity index (χ0) is 15.7. The zero-order valence-electron chi connectivity index (χ0n) is 12.9. The van der Waals surface area contributed by atoms with Gasteiger partial charge in [-0.15, -0.1) is 0 Å². The number of hydrogen-bond acceptors (Lipinski definition) is 5. The SMILES string of the molecule is CS(=O)(=O)N1CCO[C@H]2CN(C(=O)C3CCOC3)CC[C@H]2C1. The molecule has 0 aromatic carbocycles. The highest BCUT2D eigenvalue weighted by atomic mass is 32.2. The van der Waals surface area contributed by atoms with Gasteiger partial charge in [-0.25, -0.2) is 8.42 Å². The Kier molecular flexibility index (Phi) is 4.72. The van der Waals surface area contributed by atoms with E-state index < -0.39 is 10.0 Å². The van der Waals surface area contributed by atoms with Crippen LogP contribution in [0.4, 0.5) is 0 Å². The Morgan fingerprint density at radius 1 is 1.14 bits per heavy atom. The van der Waals surface area contributed by atoms with Crippen molar-refractivity contribution in [1.82, 2.24) is 9.21 Å². The van der Waals surface area contributed by atoms with Crippen LogP contribution in [0.2, 0.25) is 0 Å². The fourth-order valence-corrected chi connectivity index (χ4v) is 4.38. The van der Waals surface area contributed by atoms with Crippen molar-refractivity contribution in [3.05, 3.63) is 0 Å². The Hall–Kier alpha value is -0.700. The summed E-state index contributed by atoms with van der Waals surface area (Å²) in [6.45, 7) is 3.72. The number of hydrogen-bond donors (Lipinski definition) is 0. The van der Waals surface area contributed by atoms with Crippen LogP contribution in [0.25, 0.3) is 0 Å². The second kappa shape index (κ2) is 6.43. The van der Waals surface area contributed by atoms with E-state index in [4.69, 9.17) is 9.47 Å². The molecule has 0 saturated carbocycles. The molecule has 3 aliphatic rings. The molecule has 3 fully saturated rings. The summed E-state index contributed by atoms with van der Waals surface area (Å²) in [6.07, 6.45) is 2.76. The van der Waals surface area contributed by atoms with Crippen molar-refractivity contribution in [2.75, 3.05) is 52.3 Å². The summed E-state index contributed by atoms with van der Waals surface area (Å²) >= 11 is 0. The van der Waals surface area contributed by atoms with Gasteiger partial charge in [-0.1, -0.05) is 0 Å². The quantitative estimate of drug-likeness (QED) is 0.683. The Bertz CT molecular complexity index is 517. The highest BCUT2D eigenvalue weighted by molar-refractivity contribution is 7.88. The van der Waals surface area contributed by atoms with Crippen molar-refractivity contribution in [3.63, 3.8) is 0 Å². The van der Waals surface area contributed by atoms with E-state index in [9.17, 15) is 13.2 Å². The molecule has 0 aromatic rings. The van der Waals surface area contributed by atoms with Gasteiger partial charge in [0.15, 0.2) is 0 Å². The number of ether oxygens (including phenoxy) is 2. The summed E-state index contributed by atoms with van der Waals surface area (Å²) in [5.74, 6) is 0.305. The van der Waals surface area contributed by atoms with Gasteiger partial charge in [0.25, 0.3) is 0 Å². The zero-order valence-corrected chi connectivity index (χ0v) is 13.8. The number of sulfonamides is 1. The highest BCUT2D eigenvalue weighted by Gasteiger charge is 2.38. The third-order valence-electron chi connectivity index (χ3n) is 4.87. The number of carbonyl (C=O) groups excluding carboxylic acids is 1. The molecule has 126 valence electrons. The molecule has 3 atom stereocenters. The largest absolute Gasteiger partial charge is 0.381 e. The Morgan fingerprint density at radius 3 is 2.64 bits per heavy atom. The first kappa shape index (κ1) is 16.2. The van der Waals surface area contributed by atoms with Crippen LogP contribution in [0, 0.1) is 11.8 Å². The molecule has 0 N–H and O–H groups in total. The van der Waals surface area contributed by atoms with Gasteiger partial charge in [0, 0.05) is 38.7 Å². The maximum absolute atomic E-state index is 12.5. The molecule has 0 spiro atoms. The molecular weight excluding hydrogens is 308 g/mol. The lowest BCUT2D eigenvalue weighted by Gasteiger charge is -2.38. The van der Waals surface area contributed by atoms with Crippen molar-refractivity contribution < 1.29 is 22.7 Å². The van der Waals surface area contributed by atoms with Crippen molar-refractivity contribution >= 4 is 15.9 Å². The van der Waals surface area contributed by atoms with Crippen LogP contribution >= 0.6 is 0 Å². The summed E-state index contributed by atoms with van der Waals surface area (Å²) in [5.41, 5.74) is 0. The monoisotopic (exact) mass is 332 g/mol. The summed E-state index contributed by atoms with van der Waals surface area (Å²) in [7, 11) is -3.19. The van der Waals surface area contributed by atoms with Crippen LogP contribution in [0.5, 0.6) is 0 Å². The molecular formula is C14H24N2O5S. The van der Waals surface area contributed by atoms with Crippen LogP contribution < -0.4 is 0 Å². The minimum atomic E-state index is -3.19. The smallest absolute Gasteiger partial charge is 0.228 e. The van der Waals surface area contributed by atoms with Crippen molar-refractivity contribution in [1.29, 1.82) is 0 Å². The first-order chi connectivity index (χ1) is 10.4. The number of likely N-dealkylation sites (tertiary alicyclic amines) is 1. The van der Waals surface area contributed by atoms with E-state index in [1.807, 2.05) is 4.90 Å². The normalized spacial score (nSPS) is 34.2. The molecule has 3 heterocycles. The molecule has 0 aliphatic carbocycles. The van der Waals surface area contributed by atoms with E-state index in [1.165, 1.54) is 10.6 Å². The van der Waals surface area contributed by atoms with E-state index in [-0.39, 0.29) is 23.8 Å². The predicted octanol–water partition coefficient (Wildman–Crippen LogP) is -0.468. The second-order valence-corrected chi connectivity index (χ2v) is 8.41. The molecule has 3 aliphatic heterocycles. The van der Waals surface area contributed by atoms with Gasteiger partial charge in [-0.3, -0.25) is 4.79 Å². The Labute approximate surface area is 131 Å². The number of carbonyl (C=O) groups is 1. The van der Waals surface area contributed by atoms with Crippen molar-refractivity contribution in [3.8, 4) is 0 Å². The van der Waals surface area contributed by atoms with Crippen LogP contribution in [-0.4, -0.2) is 81.9 Å². The lowest BCUT2D eigenvalue weighted by Crippen LogP contribution is -2.51. The van der Waals surface area contributed by atoms with E-state index in [1.54, 1.807) is 0 Å². The Morgan fingerprint density at radius 2 is 1.95 bits per heavy atom. The minimum absolute atomic E-state index is 0.0187. The van der Waals surface area contributed by atoms with Crippen molar-refractivity contribution in [2.45, 2.75) is 18.9 Å². The van der Waals surface area contributed by atoms with Crippen LogP contribution in [-0.2, 0) is 24.3 Å². The lowest BCUT2D eigenvalue weighted by molar-refractivity contribution is -0.141. The fourth-order valence-electron chi connectivity index (χ4n) is 3.51. The number of piperidine rings is 1. The molecule has 1 unspecified atom stereocenters. The maximum atomic E-state index is 12.5. The van der Waals surface area contributed by atoms with Gasteiger partial charge in [0.05, 0.1) is 31.5 Å². The lowest BCUT2D eigenvalue weighted by atomic mass is 9.92. The third-order valence-corrected chi connectivity index (χ3v) is 6.14. The molecule has 8 heteroatoms. The molecule has 0 aromatic heterocycles. The highest BCUT2D eigenvalue weighted by Crippen LogP contribution is 2.27. The number of amides is 1. The second-order valence-electron chi connectivity index (χ2n) is 6.42. The van der Waals surface area contributed by atoms with E-state index in [2.05, 4.69) is 0 Å². The summed E-state index contributed by atoms with van der Waals surface area (Å²) in [6, 6.07) is 0. The predicted molar refractivity (Wildman–Crippen MR) is 79.8 cm³/mol. The Balaban J connectivity index is 1.63. The number of nitrogens with zero attached hydrogens (tertiary/aromatic N) is 2. The average Bonchev–Trinajstić information content (AvgIpc) is 2.91. The summed E-state index contributed by atoms with van der Waals surface area (Å²) in [5, 5.41) is 0. The third kappa shape index (κ3) is 3.45. The molecule has 0 radical (unpaired) electrons. The summed E-state index contributed by atoms with van der Waals surface area (Å²) in [4.78, 5) is 14.3. The van der Waals surface area contributed by atoms with Gasteiger partial charge in [-0.2, -0.15) is 4.31 Å². The van der Waals surface area contributed by atoms with Gasteiger partial charge < -0.3 is 14.4 Å². The van der Waals surface area contributed by atoms with E-state index in [0.717, 1.165) is 12.8 Å². The van der Waals surface area contributed by atoms with Crippen LogP contribution in [0.15, 0.2) is 0 Å². The summed E-state index contributed by atoms with van der Waals surface area (Å²) < 4.78 is 36.1. The van der Waals surface area contributed by atoms with E-state index in [0.29, 0.717) is 46.0 Å². The van der Waals surface area contributed by atoms with Crippen LogP contribution in [0.1, 0.15) is 12.8 Å². The molecule has 3 saturated heterocycles. The number of fused-ring (bicyclic) bond motifs is 1. The minimum Gasteiger partial charge on any atom is -0.381 e. The first-order valence-corrected chi connectivity index (χ1v) is 9.73. The molecule has 22 heavy (non-hydrogen) atoms. The van der Waals surface area contributed by atoms with Gasteiger partial charge in [0.1, 0.15) is 0 Å².